The summed E-state index contributed by atoms with van der Waals surface area (Å²) in [6, 6.07) is 15.6. The number of ether oxygens (including phenoxy) is 2. The SMILES string of the molecule is COC(=O)CN(c1ccc(Oc2ccccc2)cc1)S(C)(=O)=O. The van der Waals surface area contributed by atoms with E-state index in [4.69, 9.17) is 4.74 Å². The molecule has 6 nitrogen and oxygen atoms in total. The van der Waals surface area contributed by atoms with E-state index in [1.807, 2.05) is 30.3 Å². The molecule has 0 aliphatic rings. The molecule has 2 aromatic carbocycles. The van der Waals surface area contributed by atoms with Crippen molar-refractivity contribution in [2.75, 3.05) is 24.2 Å². The zero-order valence-corrected chi connectivity index (χ0v) is 13.6. The van der Waals surface area contributed by atoms with Gasteiger partial charge in [0, 0.05) is 0 Å². The molecule has 0 aliphatic heterocycles. The number of benzene rings is 2. The van der Waals surface area contributed by atoms with Gasteiger partial charge in [0.2, 0.25) is 10.0 Å². The van der Waals surface area contributed by atoms with Crippen LogP contribution >= 0.6 is 0 Å². The number of hydrogen-bond donors (Lipinski definition) is 0. The molecule has 0 saturated carbocycles. The van der Waals surface area contributed by atoms with Crippen LogP contribution in [0.3, 0.4) is 0 Å². The number of methoxy groups -OCH3 is 1. The fraction of sp³-hybridized carbons (Fsp3) is 0.188. The normalized spacial score (nSPS) is 10.9. The Hall–Kier alpha value is -2.54. The molecule has 0 N–H and O–H groups in total. The van der Waals surface area contributed by atoms with Crippen LogP contribution in [0.25, 0.3) is 0 Å². The smallest absolute Gasteiger partial charge is 0.326 e. The number of nitrogens with zero attached hydrogens (tertiary/aromatic N) is 1. The van der Waals surface area contributed by atoms with Gasteiger partial charge in [-0.15, -0.1) is 0 Å². The Bertz CT molecular complexity index is 757. The first kappa shape index (κ1) is 16.8. The van der Waals surface area contributed by atoms with Gasteiger partial charge in [0.1, 0.15) is 18.0 Å². The molecule has 0 spiro atoms. The van der Waals surface area contributed by atoms with Crippen LogP contribution in [-0.4, -0.2) is 34.3 Å². The van der Waals surface area contributed by atoms with Crippen LogP contribution in [-0.2, 0) is 19.6 Å². The van der Waals surface area contributed by atoms with Gasteiger partial charge < -0.3 is 9.47 Å². The third-order valence-corrected chi connectivity index (χ3v) is 4.14. The van der Waals surface area contributed by atoms with E-state index in [9.17, 15) is 13.2 Å². The molecule has 0 heterocycles. The number of anilines is 1. The monoisotopic (exact) mass is 335 g/mol. The molecule has 0 atom stereocenters. The first-order chi connectivity index (χ1) is 10.9. The van der Waals surface area contributed by atoms with E-state index in [1.165, 1.54) is 7.11 Å². The van der Waals surface area contributed by atoms with E-state index >= 15 is 0 Å². The lowest BCUT2D eigenvalue weighted by Gasteiger charge is -2.21. The van der Waals surface area contributed by atoms with Crippen LogP contribution in [0.1, 0.15) is 0 Å². The zero-order valence-electron chi connectivity index (χ0n) is 12.8. The average molecular weight is 335 g/mol. The maximum absolute atomic E-state index is 11.8. The Balaban J connectivity index is 2.20. The van der Waals surface area contributed by atoms with E-state index in [1.54, 1.807) is 24.3 Å². The Morgan fingerprint density at radius 3 is 2.09 bits per heavy atom. The van der Waals surface area contributed by atoms with Crippen LogP contribution in [0.4, 0.5) is 5.69 Å². The number of carbonyl (C=O) groups excluding carboxylic acids is 1. The topological polar surface area (TPSA) is 72.9 Å². The molecule has 2 aromatic rings. The predicted octanol–water partition coefficient (Wildman–Crippen LogP) is 2.42. The summed E-state index contributed by atoms with van der Waals surface area (Å²) in [6.07, 6.45) is 1.03. The van der Waals surface area contributed by atoms with Crippen molar-refractivity contribution < 1.29 is 22.7 Å². The third kappa shape index (κ3) is 4.72. The lowest BCUT2D eigenvalue weighted by atomic mass is 10.3. The van der Waals surface area contributed by atoms with Crippen molar-refractivity contribution in [1.82, 2.24) is 0 Å². The van der Waals surface area contributed by atoms with Gasteiger partial charge in [-0.2, -0.15) is 0 Å². The van der Waals surface area contributed by atoms with E-state index in [0.717, 1.165) is 10.6 Å². The Labute approximate surface area is 135 Å². The second-order valence-corrected chi connectivity index (χ2v) is 6.66. The molecule has 0 aromatic heterocycles. The summed E-state index contributed by atoms with van der Waals surface area (Å²) in [5, 5.41) is 0. The third-order valence-electron chi connectivity index (χ3n) is 3.00. The van der Waals surface area contributed by atoms with Gasteiger partial charge >= 0.3 is 5.97 Å². The Kier molecular flexibility index (Phi) is 5.23. The lowest BCUT2D eigenvalue weighted by molar-refractivity contribution is -0.138. The number of carbonyl (C=O) groups is 1. The molecular weight excluding hydrogens is 318 g/mol. The minimum absolute atomic E-state index is 0.360. The van der Waals surface area contributed by atoms with Crippen molar-refractivity contribution >= 4 is 21.7 Å². The Morgan fingerprint density at radius 2 is 1.57 bits per heavy atom. The summed E-state index contributed by atoms with van der Waals surface area (Å²) in [5.41, 5.74) is 0.360. The highest BCUT2D eigenvalue weighted by molar-refractivity contribution is 7.92. The summed E-state index contributed by atoms with van der Waals surface area (Å²) in [7, 11) is -2.40. The van der Waals surface area contributed by atoms with Crippen LogP contribution in [0.2, 0.25) is 0 Å². The predicted molar refractivity (Wildman–Crippen MR) is 87.2 cm³/mol. The summed E-state index contributed by atoms with van der Waals surface area (Å²) < 4.78 is 34.8. The molecule has 0 amide bonds. The van der Waals surface area contributed by atoms with Crippen LogP contribution in [0.15, 0.2) is 54.6 Å². The van der Waals surface area contributed by atoms with Gasteiger partial charge in [-0.1, -0.05) is 18.2 Å². The van der Waals surface area contributed by atoms with Crippen molar-refractivity contribution in [2.45, 2.75) is 0 Å². The number of rotatable bonds is 6. The number of esters is 1. The van der Waals surface area contributed by atoms with Gasteiger partial charge in [-0.3, -0.25) is 9.10 Å². The van der Waals surface area contributed by atoms with Crippen molar-refractivity contribution in [3.63, 3.8) is 0 Å². The molecule has 0 aliphatic carbocycles. The van der Waals surface area contributed by atoms with Gasteiger partial charge in [0.15, 0.2) is 0 Å². The zero-order chi connectivity index (χ0) is 16.9. The fourth-order valence-corrected chi connectivity index (χ4v) is 2.73. The maximum Gasteiger partial charge on any atom is 0.326 e. The molecule has 0 unspecified atom stereocenters. The molecule has 2 rings (SSSR count). The quantitative estimate of drug-likeness (QED) is 0.758. The second-order valence-electron chi connectivity index (χ2n) is 4.75. The molecule has 23 heavy (non-hydrogen) atoms. The van der Waals surface area contributed by atoms with E-state index < -0.39 is 16.0 Å². The fourth-order valence-electron chi connectivity index (χ4n) is 1.89. The molecule has 7 heteroatoms. The van der Waals surface area contributed by atoms with Crippen molar-refractivity contribution in [3.05, 3.63) is 54.6 Å². The first-order valence-corrected chi connectivity index (χ1v) is 8.62. The van der Waals surface area contributed by atoms with Gasteiger partial charge in [-0.25, -0.2) is 8.42 Å². The standard InChI is InChI=1S/C16H17NO5S/c1-21-16(18)12-17(23(2,19)20)13-8-10-15(11-9-13)22-14-6-4-3-5-7-14/h3-11H,12H2,1-2H3. The van der Waals surface area contributed by atoms with Crippen LogP contribution in [0, 0.1) is 0 Å². The highest BCUT2D eigenvalue weighted by Gasteiger charge is 2.21. The summed E-state index contributed by atoms with van der Waals surface area (Å²) in [4.78, 5) is 11.4. The first-order valence-electron chi connectivity index (χ1n) is 6.77. The number of hydrogen-bond acceptors (Lipinski definition) is 5. The van der Waals surface area contributed by atoms with Gasteiger partial charge in [0.25, 0.3) is 0 Å². The van der Waals surface area contributed by atoms with Crippen molar-refractivity contribution in [1.29, 1.82) is 0 Å². The van der Waals surface area contributed by atoms with Crippen molar-refractivity contribution in [3.8, 4) is 11.5 Å². The minimum Gasteiger partial charge on any atom is -0.468 e. The van der Waals surface area contributed by atoms with E-state index in [2.05, 4.69) is 4.74 Å². The van der Waals surface area contributed by atoms with E-state index in [0.29, 0.717) is 17.2 Å². The molecule has 0 bridgehead atoms. The van der Waals surface area contributed by atoms with Crippen molar-refractivity contribution in [2.24, 2.45) is 0 Å². The summed E-state index contributed by atoms with van der Waals surface area (Å²) >= 11 is 0. The highest BCUT2D eigenvalue weighted by atomic mass is 32.2. The lowest BCUT2D eigenvalue weighted by Crippen LogP contribution is -2.35. The number of sulfonamides is 1. The summed E-state index contributed by atoms with van der Waals surface area (Å²) in [6.45, 7) is -0.381. The maximum atomic E-state index is 11.8. The second kappa shape index (κ2) is 7.15. The summed E-state index contributed by atoms with van der Waals surface area (Å²) in [5.74, 6) is 0.598. The molecule has 0 fully saturated rings. The largest absolute Gasteiger partial charge is 0.468 e. The van der Waals surface area contributed by atoms with E-state index in [-0.39, 0.29) is 6.54 Å². The van der Waals surface area contributed by atoms with Crippen LogP contribution in [0.5, 0.6) is 11.5 Å². The van der Waals surface area contributed by atoms with Crippen LogP contribution < -0.4 is 9.04 Å². The minimum atomic E-state index is -3.60. The molecule has 0 saturated heterocycles. The van der Waals surface area contributed by atoms with Gasteiger partial charge in [0.05, 0.1) is 19.1 Å². The molecular formula is C16H17NO5S. The number of para-hydroxylation sites is 1. The Morgan fingerprint density at radius 1 is 1.00 bits per heavy atom. The van der Waals surface area contributed by atoms with Gasteiger partial charge in [-0.05, 0) is 36.4 Å². The molecule has 0 radical (unpaired) electrons. The average Bonchev–Trinajstić information content (AvgIpc) is 2.53. The highest BCUT2D eigenvalue weighted by Crippen LogP contribution is 2.25. The molecule has 122 valence electrons.